The second-order valence-electron chi connectivity index (χ2n) is 6.04. The summed E-state index contributed by atoms with van der Waals surface area (Å²) in [5, 5.41) is 12.3. The van der Waals surface area contributed by atoms with E-state index in [1.165, 1.54) is 11.3 Å². The van der Waals surface area contributed by atoms with E-state index in [0.29, 0.717) is 39.3 Å². The predicted octanol–water partition coefficient (Wildman–Crippen LogP) is 4.33. The largest absolute Gasteiger partial charge is 0.483 e. The Morgan fingerprint density at radius 2 is 1.93 bits per heavy atom. The lowest BCUT2D eigenvalue weighted by Gasteiger charge is -2.08. The van der Waals surface area contributed by atoms with Gasteiger partial charge in [-0.05, 0) is 30.7 Å². The fourth-order valence-corrected chi connectivity index (χ4v) is 3.45. The van der Waals surface area contributed by atoms with E-state index in [0.717, 1.165) is 5.56 Å². The molecule has 2 aromatic carbocycles. The number of ketones is 1. The number of ether oxygens (including phenoxy) is 1. The molecule has 3 rings (SSSR count). The molecule has 1 N–H and O–H groups in total. The zero-order chi connectivity index (χ0) is 19.9. The minimum Gasteiger partial charge on any atom is -0.483 e. The molecule has 3 aromatic rings. The molecule has 0 saturated carbocycles. The van der Waals surface area contributed by atoms with Crippen LogP contribution in [0.4, 0.5) is 5.13 Å². The lowest BCUT2D eigenvalue weighted by atomic mass is 10.1. The van der Waals surface area contributed by atoms with Crippen molar-refractivity contribution in [2.45, 2.75) is 19.8 Å². The molecular weight excluding hydrogens is 398 g/mol. The highest BCUT2D eigenvalue weighted by Crippen LogP contribution is 2.22. The maximum atomic E-state index is 12.1. The van der Waals surface area contributed by atoms with Gasteiger partial charge in [0.1, 0.15) is 10.8 Å². The quantitative estimate of drug-likeness (QED) is 0.553. The Balaban J connectivity index is 1.47. The number of benzene rings is 2. The molecule has 6 nitrogen and oxygen atoms in total. The molecule has 8 heteroatoms. The van der Waals surface area contributed by atoms with Crippen molar-refractivity contribution in [2.24, 2.45) is 0 Å². The van der Waals surface area contributed by atoms with Gasteiger partial charge in [0.2, 0.25) is 5.13 Å². The van der Waals surface area contributed by atoms with E-state index in [1.54, 1.807) is 30.3 Å². The molecular formula is C20H18ClN3O3S. The number of aryl methyl sites for hydroxylation is 2. The van der Waals surface area contributed by atoms with Crippen molar-refractivity contribution in [2.75, 3.05) is 11.9 Å². The van der Waals surface area contributed by atoms with E-state index >= 15 is 0 Å². The van der Waals surface area contributed by atoms with Gasteiger partial charge in [0.15, 0.2) is 12.4 Å². The normalized spacial score (nSPS) is 10.5. The van der Waals surface area contributed by atoms with E-state index in [2.05, 4.69) is 15.5 Å². The summed E-state index contributed by atoms with van der Waals surface area (Å²) in [5.74, 6) is 0.308. The zero-order valence-corrected chi connectivity index (χ0v) is 16.7. The second-order valence-corrected chi connectivity index (χ2v) is 7.54. The van der Waals surface area contributed by atoms with Crippen LogP contribution in [0.1, 0.15) is 27.3 Å². The van der Waals surface area contributed by atoms with Gasteiger partial charge >= 0.3 is 0 Å². The molecule has 0 saturated heterocycles. The van der Waals surface area contributed by atoms with Crippen LogP contribution in [0.5, 0.6) is 5.75 Å². The molecule has 0 atom stereocenters. The van der Waals surface area contributed by atoms with E-state index in [9.17, 15) is 9.59 Å². The van der Waals surface area contributed by atoms with E-state index in [4.69, 9.17) is 16.3 Å². The lowest BCUT2D eigenvalue weighted by Crippen LogP contribution is -2.20. The monoisotopic (exact) mass is 415 g/mol. The first-order chi connectivity index (χ1) is 13.5. The summed E-state index contributed by atoms with van der Waals surface area (Å²) in [4.78, 5) is 24.2. The Morgan fingerprint density at radius 1 is 1.14 bits per heavy atom. The molecule has 0 aliphatic rings. The molecule has 144 valence electrons. The van der Waals surface area contributed by atoms with Crippen molar-refractivity contribution in [1.29, 1.82) is 0 Å². The summed E-state index contributed by atoms with van der Waals surface area (Å²) in [5.41, 5.74) is 1.52. The fraction of sp³-hybridized carbons (Fsp3) is 0.200. The number of rotatable bonds is 8. The predicted molar refractivity (Wildman–Crippen MR) is 109 cm³/mol. The zero-order valence-electron chi connectivity index (χ0n) is 15.1. The summed E-state index contributed by atoms with van der Waals surface area (Å²) in [6.07, 6.45) is 0.813. The molecule has 0 bridgehead atoms. The van der Waals surface area contributed by atoms with Crippen LogP contribution >= 0.6 is 22.9 Å². The number of carbonyl (C=O) groups is 2. The minimum atomic E-state index is -0.336. The minimum absolute atomic E-state index is 0.0492. The number of nitrogens with zero attached hydrogens (tertiary/aromatic N) is 2. The Morgan fingerprint density at radius 3 is 2.68 bits per heavy atom. The Labute approximate surface area is 171 Å². The van der Waals surface area contributed by atoms with Crippen molar-refractivity contribution in [3.05, 3.63) is 69.7 Å². The van der Waals surface area contributed by atoms with Crippen LogP contribution in [0.25, 0.3) is 0 Å². The van der Waals surface area contributed by atoms with Crippen LogP contribution in [0.15, 0.2) is 48.5 Å². The Hall–Kier alpha value is -2.77. The first-order valence-corrected chi connectivity index (χ1v) is 9.80. The third-order valence-electron chi connectivity index (χ3n) is 3.87. The number of Topliss-reactive ketones (excluding diaryl/α,β-unsaturated/α-hetero) is 1. The summed E-state index contributed by atoms with van der Waals surface area (Å²) < 4.78 is 5.50. The highest BCUT2D eigenvalue weighted by molar-refractivity contribution is 7.15. The number of amides is 1. The SMILES string of the molecule is Cc1cc(Cl)ccc1OCC(=O)Nc1nnc(CCC(=O)c2ccccc2)s1. The Bertz CT molecular complexity index is 976. The number of nitrogens with one attached hydrogen (secondary N) is 1. The fourth-order valence-electron chi connectivity index (χ4n) is 2.47. The summed E-state index contributed by atoms with van der Waals surface area (Å²) in [7, 11) is 0. The van der Waals surface area contributed by atoms with Gasteiger partial charge in [0.05, 0.1) is 0 Å². The maximum absolute atomic E-state index is 12.1. The van der Waals surface area contributed by atoms with Gasteiger partial charge in [-0.1, -0.05) is 53.3 Å². The van der Waals surface area contributed by atoms with Crippen molar-refractivity contribution < 1.29 is 14.3 Å². The topological polar surface area (TPSA) is 81.2 Å². The molecule has 0 radical (unpaired) electrons. The molecule has 0 spiro atoms. The van der Waals surface area contributed by atoms with Crippen LogP contribution in [0, 0.1) is 6.92 Å². The van der Waals surface area contributed by atoms with Crippen LogP contribution < -0.4 is 10.1 Å². The Kier molecular flexibility index (Phi) is 6.73. The van der Waals surface area contributed by atoms with Crippen LogP contribution in [0.2, 0.25) is 5.02 Å². The number of carbonyl (C=O) groups excluding carboxylic acids is 2. The highest BCUT2D eigenvalue weighted by atomic mass is 35.5. The molecule has 0 fully saturated rings. The number of halogens is 1. The third kappa shape index (κ3) is 5.61. The molecule has 1 amide bonds. The van der Waals surface area contributed by atoms with Gasteiger partial charge in [-0.15, -0.1) is 10.2 Å². The smallest absolute Gasteiger partial charge is 0.264 e. The lowest BCUT2D eigenvalue weighted by molar-refractivity contribution is -0.118. The second kappa shape index (κ2) is 9.43. The van der Waals surface area contributed by atoms with Crippen LogP contribution in [-0.2, 0) is 11.2 Å². The van der Waals surface area contributed by atoms with Crippen LogP contribution in [0.3, 0.4) is 0 Å². The number of hydrogen-bond donors (Lipinski definition) is 1. The van der Waals surface area contributed by atoms with Gasteiger partial charge in [0.25, 0.3) is 5.91 Å². The molecule has 0 unspecified atom stereocenters. The molecule has 1 heterocycles. The molecule has 1 aromatic heterocycles. The number of aromatic nitrogens is 2. The standard InChI is InChI=1S/C20H18ClN3O3S/c1-13-11-15(21)7-9-17(13)27-12-18(26)22-20-24-23-19(28-20)10-8-16(25)14-5-3-2-4-6-14/h2-7,9,11H,8,10,12H2,1H3,(H,22,24,26). The van der Waals surface area contributed by atoms with Gasteiger partial charge < -0.3 is 4.74 Å². The van der Waals surface area contributed by atoms with Crippen molar-refractivity contribution in [3.63, 3.8) is 0 Å². The summed E-state index contributed by atoms with van der Waals surface area (Å²) >= 11 is 7.15. The van der Waals surface area contributed by atoms with Gasteiger partial charge in [-0.2, -0.15) is 0 Å². The van der Waals surface area contributed by atoms with Crippen molar-refractivity contribution in [1.82, 2.24) is 10.2 Å². The summed E-state index contributed by atoms with van der Waals surface area (Å²) in [6.45, 7) is 1.71. The van der Waals surface area contributed by atoms with Crippen LogP contribution in [-0.4, -0.2) is 28.5 Å². The van der Waals surface area contributed by atoms with E-state index < -0.39 is 0 Å². The van der Waals surface area contributed by atoms with Crippen molar-refractivity contribution in [3.8, 4) is 5.75 Å². The highest BCUT2D eigenvalue weighted by Gasteiger charge is 2.12. The van der Waals surface area contributed by atoms with E-state index in [-0.39, 0.29) is 18.3 Å². The summed E-state index contributed by atoms with van der Waals surface area (Å²) in [6, 6.07) is 14.3. The molecule has 0 aliphatic heterocycles. The molecule has 28 heavy (non-hydrogen) atoms. The first kappa shape index (κ1) is 20.0. The first-order valence-electron chi connectivity index (χ1n) is 8.60. The number of hydrogen-bond acceptors (Lipinski definition) is 6. The average Bonchev–Trinajstić information content (AvgIpc) is 3.13. The molecule has 0 aliphatic carbocycles. The van der Waals surface area contributed by atoms with E-state index in [1.807, 2.05) is 25.1 Å². The van der Waals surface area contributed by atoms with Gasteiger partial charge in [-0.25, -0.2) is 0 Å². The average molecular weight is 416 g/mol. The van der Waals surface area contributed by atoms with Gasteiger partial charge in [0, 0.05) is 23.4 Å². The van der Waals surface area contributed by atoms with Gasteiger partial charge in [-0.3, -0.25) is 14.9 Å². The maximum Gasteiger partial charge on any atom is 0.264 e. The van der Waals surface area contributed by atoms with Crippen molar-refractivity contribution >= 4 is 39.8 Å². The number of anilines is 1. The third-order valence-corrected chi connectivity index (χ3v) is 5.00.